The van der Waals surface area contributed by atoms with E-state index in [1.807, 2.05) is 24.3 Å². The monoisotopic (exact) mass is 258 g/mol. The van der Waals surface area contributed by atoms with Crippen molar-refractivity contribution in [3.05, 3.63) is 36.0 Å². The molecule has 1 aromatic heterocycles. The molecule has 0 saturated heterocycles. The molecule has 0 atom stereocenters. The fraction of sp³-hybridized carbons (Fsp3) is 0.438. The van der Waals surface area contributed by atoms with Crippen LogP contribution >= 0.6 is 0 Å². The highest BCUT2D eigenvalue weighted by atomic mass is 16.5. The van der Waals surface area contributed by atoms with Crippen molar-refractivity contribution in [1.82, 2.24) is 4.98 Å². The summed E-state index contributed by atoms with van der Waals surface area (Å²) in [6, 6.07) is 10.1. The third-order valence-electron chi connectivity index (χ3n) is 3.06. The van der Waals surface area contributed by atoms with Gasteiger partial charge in [-0.05, 0) is 29.4 Å². The van der Waals surface area contributed by atoms with E-state index in [-0.39, 0.29) is 5.41 Å². The van der Waals surface area contributed by atoms with Crippen LogP contribution in [0.4, 0.5) is 0 Å². The Morgan fingerprint density at radius 3 is 2.63 bits per heavy atom. The molecule has 0 aliphatic carbocycles. The Morgan fingerprint density at radius 2 is 1.95 bits per heavy atom. The fourth-order valence-electron chi connectivity index (χ4n) is 1.89. The molecule has 1 heterocycles. The molecule has 1 aromatic carbocycles. The van der Waals surface area contributed by atoms with Gasteiger partial charge in [0, 0.05) is 11.9 Å². The Hall–Kier alpha value is -1.61. The number of pyridine rings is 1. The van der Waals surface area contributed by atoms with Gasteiger partial charge in [-0.3, -0.25) is 0 Å². The molecule has 2 aromatic rings. The third-order valence-corrected chi connectivity index (χ3v) is 3.06. The van der Waals surface area contributed by atoms with Crippen molar-refractivity contribution in [2.75, 3.05) is 6.61 Å². The molecule has 0 unspecified atom stereocenters. The Labute approximate surface area is 114 Å². The van der Waals surface area contributed by atoms with Crippen LogP contribution in [-0.4, -0.2) is 11.6 Å². The molecule has 0 saturated carbocycles. The molecule has 0 aliphatic heterocycles. The maximum Gasteiger partial charge on any atom is 0.221 e. The summed E-state index contributed by atoms with van der Waals surface area (Å²) in [5.41, 5.74) is 6.82. The smallest absolute Gasteiger partial charge is 0.221 e. The normalized spacial score (nSPS) is 11.8. The summed E-state index contributed by atoms with van der Waals surface area (Å²) in [6.45, 7) is 7.73. The third kappa shape index (κ3) is 3.67. The largest absolute Gasteiger partial charge is 0.477 e. The molecule has 0 spiro atoms. The van der Waals surface area contributed by atoms with E-state index in [0.29, 0.717) is 19.0 Å². The van der Waals surface area contributed by atoms with Crippen LogP contribution in [0.15, 0.2) is 30.3 Å². The van der Waals surface area contributed by atoms with E-state index >= 15 is 0 Å². The van der Waals surface area contributed by atoms with Crippen LogP contribution in [0.1, 0.15) is 32.9 Å². The molecular formula is C16H22N2O. The van der Waals surface area contributed by atoms with E-state index in [1.54, 1.807) is 0 Å². The van der Waals surface area contributed by atoms with E-state index < -0.39 is 0 Å². The highest BCUT2D eigenvalue weighted by molar-refractivity contribution is 5.87. The summed E-state index contributed by atoms with van der Waals surface area (Å²) >= 11 is 0. The molecule has 0 fully saturated rings. The molecule has 3 heteroatoms. The second-order valence-electron chi connectivity index (χ2n) is 6.00. The summed E-state index contributed by atoms with van der Waals surface area (Å²) in [7, 11) is 0. The van der Waals surface area contributed by atoms with Crippen LogP contribution in [-0.2, 0) is 6.54 Å². The first-order chi connectivity index (χ1) is 8.99. The molecule has 0 amide bonds. The lowest BCUT2D eigenvalue weighted by molar-refractivity contribution is 0.238. The lowest BCUT2D eigenvalue weighted by Crippen LogP contribution is -2.12. The highest BCUT2D eigenvalue weighted by Gasteiger charge is 2.11. The minimum Gasteiger partial charge on any atom is -0.477 e. The van der Waals surface area contributed by atoms with E-state index in [2.05, 4.69) is 31.8 Å². The van der Waals surface area contributed by atoms with Crippen LogP contribution in [0.3, 0.4) is 0 Å². The highest BCUT2D eigenvalue weighted by Crippen LogP contribution is 2.26. The zero-order valence-corrected chi connectivity index (χ0v) is 11.9. The van der Waals surface area contributed by atoms with Crippen molar-refractivity contribution >= 4 is 10.8 Å². The van der Waals surface area contributed by atoms with Crippen LogP contribution in [0.25, 0.3) is 10.8 Å². The predicted molar refractivity (Wildman–Crippen MR) is 79.2 cm³/mol. The van der Waals surface area contributed by atoms with Gasteiger partial charge in [-0.1, -0.05) is 39.0 Å². The number of fused-ring (bicyclic) bond motifs is 1. The molecule has 102 valence electrons. The molecule has 0 bridgehead atoms. The number of nitrogens with two attached hydrogens (primary N) is 1. The first-order valence-corrected chi connectivity index (χ1v) is 6.71. The van der Waals surface area contributed by atoms with E-state index in [0.717, 1.165) is 22.9 Å². The average molecular weight is 258 g/mol. The van der Waals surface area contributed by atoms with Gasteiger partial charge in [-0.2, -0.15) is 0 Å². The lowest BCUT2D eigenvalue weighted by atomic mass is 9.93. The molecule has 0 radical (unpaired) electrons. The number of nitrogens with zero attached hydrogens (tertiary/aromatic N) is 1. The summed E-state index contributed by atoms with van der Waals surface area (Å²) in [5, 5.41) is 2.18. The first-order valence-electron chi connectivity index (χ1n) is 6.71. The number of rotatable bonds is 4. The van der Waals surface area contributed by atoms with Crippen molar-refractivity contribution in [3.8, 4) is 5.88 Å². The van der Waals surface area contributed by atoms with E-state index in [1.165, 1.54) is 0 Å². The fourth-order valence-corrected chi connectivity index (χ4v) is 1.89. The maximum absolute atomic E-state index is 5.87. The quantitative estimate of drug-likeness (QED) is 0.913. The van der Waals surface area contributed by atoms with Crippen molar-refractivity contribution in [2.24, 2.45) is 11.1 Å². The number of ether oxygens (including phenoxy) is 1. The Balaban J connectivity index is 2.25. The summed E-state index contributed by atoms with van der Waals surface area (Å²) in [5.74, 6) is 0.697. The van der Waals surface area contributed by atoms with Gasteiger partial charge in [0.25, 0.3) is 0 Å². The second-order valence-corrected chi connectivity index (χ2v) is 6.00. The van der Waals surface area contributed by atoms with Gasteiger partial charge in [0.2, 0.25) is 5.88 Å². The Kier molecular flexibility index (Phi) is 4.05. The van der Waals surface area contributed by atoms with Gasteiger partial charge < -0.3 is 10.5 Å². The Bertz CT molecular complexity index is 558. The van der Waals surface area contributed by atoms with Gasteiger partial charge in [-0.25, -0.2) is 4.98 Å². The van der Waals surface area contributed by atoms with Gasteiger partial charge in [0.05, 0.1) is 12.3 Å². The maximum atomic E-state index is 5.87. The summed E-state index contributed by atoms with van der Waals surface area (Å²) in [6.07, 6.45) is 0.996. The number of hydrogen-bond donors (Lipinski definition) is 1. The van der Waals surface area contributed by atoms with Crippen LogP contribution in [0.2, 0.25) is 0 Å². The van der Waals surface area contributed by atoms with Crippen molar-refractivity contribution in [1.29, 1.82) is 0 Å². The van der Waals surface area contributed by atoms with Crippen LogP contribution in [0.5, 0.6) is 5.88 Å². The van der Waals surface area contributed by atoms with Crippen molar-refractivity contribution in [3.63, 3.8) is 0 Å². The van der Waals surface area contributed by atoms with Gasteiger partial charge >= 0.3 is 0 Å². The summed E-state index contributed by atoms with van der Waals surface area (Å²) < 4.78 is 5.87. The van der Waals surface area contributed by atoms with Crippen molar-refractivity contribution < 1.29 is 4.74 Å². The molecule has 0 aliphatic rings. The van der Waals surface area contributed by atoms with Gasteiger partial charge in [0.1, 0.15) is 0 Å². The lowest BCUT2D eigenvalue weighted by Gasteiger charge is -2.18. The minimum absolute atomic E-state index is 0.265. The SMILES string of the molecule is CC(C)(C)CCOc1nc(CN)cc2ccccc12. The molecule has 2 N–H and O–H groups in total. The molecule has 19 heavy (non-hydrogen) atoms. The first kappa shape index (κ1) is 13.8. The Morgan fingerprint density at radius 1 is 1.21 bits per heavy atom. The van der Waals surface area contributed by atoms with E-state index in [9.17, 15) is 0 Å². The van der Waals surface area contributed by atoms with E-state index in [4.69, 9.17) is 10.5 Å². The molecular weight excluding hydrogens is 236 g/mol. The van der Waals surface area contributed by atoms with Crippen LogP contribution < -0.4 is 10.5 Å². The van der Waals surface area contributed by atoms with Crippen molar-refractivity contribution in [2.45, 2.75) is 33.7 Å². The average Bonchev–Trinajstić information content (AvgIpc) is 2.37. The topological polar surface area (TPSA) is 48.1 Å². The second kappa shape index (κ2) is 5.57. The standard InChI is InChI=1S/C16H22N2O/c1-16(2,3)8-9-19-15-14-7-5-4-6-12(14)10-13(11-17)18-15/h4-7,10H,8-9,11,17H2,1-3H3. The number of benzene rings is 1. The minimum atomic E-state index is 0.265. The number of hydrogen-bond acceptors (Lipinski definition) is 3. The summed E-state index contributed by atoms with van der Waals surface area (Å²) in [4.78, 5) is 4.49. The zero-order valence-electron chi connectivity index (χ0n) is 11.9. The molecule has 3 nitrogen and oxygen atoms in total. The predicted octanol–water partition coefficient (Wildman–Crippen LogP) is 3.51. The zero-order chi connectivity index (χ0) is 13.9. The van der Waals surface area contributed by atoms with Gasteiger partial charge in [-0.15, -0.1) is 0 Å². The van der Waals surface area contributed by atoms with Gasteiger partial charge in [0.15, 0.2) is 0 Å². The molecule has 2 rings (SSSR count). The van der Waals surface area contributed by atoms with Crippen LogP contribution in [0, 0.1) is 5.41 Å². The number of aromatic nitrogens is 1.